The fourth-order valence-corrected chi connectivity index (χ4v) is 2.44. The lowest BCUT2D eigenvalue weighted by atomic mass is 10.0. The van der Waals surface area contributed by atoms with E-state index < -0.39 is 6.10 Å². The van der Waals surface area contributed by atoms with Crippen LogP contribution in [0.1, 0.15) is 17.2 Å². The first kappa shape index (κ1) is 15.0. The number of halogens is 2. The Labute approximate surface area is 127 Å². The van der Waals surface area contributed by atoms with Crippen LogP contribution in [0.2, 0.25) is 0 Å². The molecular weight excluding hydrogens is 321 g/mol. The molecule has 0 aliphatic heterocycles. The molecule has 0 bridgehead atoms. The Bertz CT molecular complexity index is 601. The summed E-state index contributed by atoms with van der Waals surface area (Å²) in [4.78, 5) is 1.98. The Kier molecular flexibility index (Phi) is 4.78. The molecule has 1 unspecified atom stereocenters. The molecule has 0 saturated carbocycles. The van der Waals surface area contributed by atoms with Gasteiger partial charge in [-0.15, -0.1) is 0 Å². The van der Waals surface area contributed by atoms with Crippen LogP contribution in [-0.2, 0) is 6.42 Å². The maximum Gasteiger partial charge on any atom is 0.123 e. The number of aliphatic hydroxyl groups is 1. The van der Waals surface area contributed by atoms with Gasteiger partial charge in [-0.3, -0.25) is 0 Å². The summed E-state index contributed by atoms with van der Waals surface area (Å²) in [6.07, 6.45) is -0.289. The molecule has 4 heteroatoms. The van der Waals surface area contributed by atoms with Crippen LogP contribution < -0.4 is 4.90 Å². The molecule has 2 aromatic rings. The number of hydrogen-bond acceptors (Lipinski definition) is 2. The van der Waals surface area contributed by atoms with Gasteiger partial charge in [0.25, 0.3) is 0 Å². The SMILES string of the molecule is CN(C)c1cccc(C(O)Cc2cc(F)ccc2Br)c1. The Morgan fingerprint density at radius 3 is 2.65 bits per heavy atom. The molecule has 2 rings (SSSR count). The first-order chi connectivity index (χ1) is 9.47. The van der Waals surface area contributed by atoms with E-state index in [-0.39, 0.29) is 5.82 Å². The third-order valence-corrected chi connectivity index (χ3v) is 3.97. The summed E-state index contributed by atoms with van der Waals surface area (Å²) in [5, 5.41) is 10.3. The molecule has 0 spiro atoms. The fourth-order valence-electron chi connectivity index (χ4n) is 2.04. The normalized spacial score (nSPS) is 12.2. The highest BCUT2D eigenvalue weighted by Gasteiger charge is 2.12. The first-order valence-corrected chi connectivity index (χ1v) is 7.16. The van der Waals surface area contributed by atoms with Crippen molar-refractivity contribution >= 4 is 21.6 Å². The van der Waals surface area contributed by atoms with Crippen molar-refractivity contribution in [2.75, 3.05) is 19.0 Å². The minimum absolute atomic E-state index is 0.294. The smallest absolute Gasteiger partial charge is 0.123 e. The summed E-state index contributed by atoms with van der Waals surface area (Å²) in [6, 6.07) is 12.2. The van der Waals surface area contributed by atoms with E-state index in [1.165, 1.54) is 12.1 Å². The second-order valence-electron chi connectivity index (χ2n) is 4.95. The summed E-state index contributed by atoms with van der Waals surface area (Å²) in [6.45, 7) is 0. The van der Waals surface area contributed by atoms with E-state index in [0.717, 1.165) is 21.3 Å². The molecule has 0 aliphatic rings. The van der Waals surface area contributed by atoms with Gasteiger partial charge in [-0.2, -0.15) is 0 Å². The third kappa shape index (κ3) is 3.58. The largest absolute Gasteiger partial charge is 0.388 e. The summed E-state index contributed by atoms with van der Waals surface area (Å²) < 4.78 is 14.1. The van der Waals surface area contributed by atoms with Gasteiger partial charge in [0.2, 0.25) is 0 Å². The van der Waals surface area contributed by atoms with E-state index in [2.05, 4.69) is 15.9 Å². The van der Waals surface area contributed by atoms with Gasteiger partial charge in [-0.1, -0.05) is 28.1 Å². The number of rotatable bonds is 4. The lowest BCUT2D eigenvalue weighted by Crippen LogP contribution is -2.10. The van der Waals surface area contributed by atoms with Crippen LogP contribution in [0.15, 0.2) is 46.9 Å². The molecule has 0 radical (unpaired) electrons. The van der Waals surface area contributed by atoms with Crippen LogP contribution in [0.5, 0.6) is 0 Å². The maximum atomic E-state index is 13.3. The molecule has 0 heterocycles. The molecule has 1 atom stereocenters. The Hall–Kier alpha value is -1.39. The van der Waals surface area contributed by atoms with Crippen LogP contribution in [0, 0.1) is 5.82 Å². The van der Waals surface area contributed by atoms with Crippen LogP contribution >= 0.6 is 15.9 Å². The Morgan fingerprint density at radius 1 is 1.20 bits per heavy atom. The average molecular weight is 338 g/mol. The number of nitrogens with zero attached hydrogens (tertiary/aromatic N) is 1. The Morgan fingerprint density at radius 2 is 1.95 bits per heavy atom. The van der Waals surface area contributed by atoms with Crippen LogP contribution in [0.3, 0.4) is 0 Å². The molecule has 0 amide bonds. The molecule has 0 aliphatic carbocycles. The van der Waals surface area contributed by atoms with E-state index in [1.54, 1.807) is 6.07 Å². The van der Waals surface area contributed by atoms with E-state index in [4.69, 9.17) is 0 Å². The van der Waals surface area contributed by atoms with Gasteiger partial charge in [0.05, 0.1) is 6.10 Å². The quantitative estimate of drug-likeness (QED) is 0.913. The van der Waals surface area contributed by atoms with Gasteiger partial charge in [-0.25, -0.2) is 4.39 Å². The summed E-state index contributed by atoms with van der Waals surface area (Å²) in [5.74, 6) is -0.294. The molecule has 0 fully saturated rings. The Balaban J connectivity index is 2.21. The number of aliphatic hydroxyl groups excluding tert-OH is 1. The summed E-state index contributed by atoms with van der Waals surface area (Å²) in [7, 11) is 3.91. The van der Waals surface area contributed by atoms with Crippen molar-refractivity contribution in [3.63, 3.8) is 0 Å². The minimum Gasteiger partial charge on any atom is -0.388 e. The maximum absolute atomic E-state index is 13.3. The molecule has 0 saturated heterocycles. The summed E-state index contributed by atoms with van der Waals surface area (Å²) in [5.41, 5.74) is 2.61. The van der Waals surface area contributed by atoms with Crippen molar-refractivity contribution in [3.8, 4) is 0 Å². The predicted octanol–water partition coefficient (Wildman–Crippen LogP) is 3.93. The van der Waals surface area contributed by atoms with Gasteiger partial charge >= 0.3 is 0 Å². The zero-order chi connectivity index (χ0) is 14.7. The lowest BCUT2D eigenvalue weighted by molar-refractivity contribution is 0.178. The number of benzene rings is 2. The van der Waals surface area contributed by atoms with E-state index >= 15 is 0 Å². The lowest BCUT2D eigenvalue weighted by Gasteiger charge is -2.17. The van der Waals surface area contributed by atoms with Gasteiger partial charge in [-0.05, 0) is 41.5 Å². The third-order valence-electron chi connectivity index (χ3n) is 3.19. The molecule has 2 aromatic carbocycles. The predicted molar refractivity (Wildman–Crippen MR) is 83.5 cm³/mol. The van der Waals surface area contributed by atoms with Gasteiger partial charge in [0.15, 0.2) is 0 Å². The molecule has 106 valence electrons. The van der Waals surface area contributed by atoms with Gasteiger partial charge in [0, 0.05) is 30.7 Å². The van der Waals surface area contributed by atoms with Crippen molar-refractivity contribution in [1.82, 2.24) is 0 Å². The molecular formula is C16H17BrFNO. The topological polar surface area (TPSA) is 23.5 Å². The highest BCUT2D eigenvalue weighted by Crippen LogP contribution is 2.26. The number of hydrogen-bond donors (Lipinski definition) is 1. The van der Waals surface area contributed by atoms with E-state index in [0.29, 0.717) is 6.42 Å². The van der Waals surface area contributed by atoms with Gasteiger partial charge < -0.3 is 10.0 Å². The standard InChI is InChI=1S/C16H17BrFNO/c1-19(2)14-5-3-4-11(9-14)16(20)10-12-8-13(18)6-7-15(12)17/h3-9,16,20H,10H2,1-2H3. The highest BCUT2D eigenvalue weighted by atomic mass is 79.9. The summed E-state index contributed by atoms with van der Waals surface area (Å²) >= 11 is 3.38. The molecule has 2 nitrogen and oxygen atoms in total. The second-order valence-corrected chi connectivity index (χ2v) is 5.80. The first-order valence-electron chi connectivity index (χ1n) is 6.36. The number of anilines is 1. The van der Waals surface area contributed by atoms with Crippen molar-refractivity contribution in [1.29, 1.82) is 0 Å². The molecule has 1 N–H and O–H groups in total. The molecule has 20 heavy (non-hydrogen) atoms. The highest BCUT2D eigenvalue weighted by molar-refractivity contribution is 9.10. The van der Waals surface area contributed by atoms with Crippen molar-refractivity contribution in [3.05, 3.63) is 63.9 Å². The fraction of sp³-hybridized carbons (Fsp3) is 0.250. The zero-order valence-corrected chi connectivity index (χ0v) is 13.1. The van der Waals surface area contributed by atoms with E-state index in [1.807, 2.05) is 43.3 Å². The average Bonchev–Trinajstić information content (AvgIpc) is 2.43. The van der Waals surface area contributed by atoms with Crippen molar-refractivity contribution < 1.29 is 9.50 Å². The van der Waals surface area contributed by atoms with Gasteiger partial charge in [0.1, 0.15) is 5.82 Å². The molecule has 0 aromatic heterocycles. The van der Waals surface area contributed by atoms with Crippen LogP contribution in [0.4, 0.5) is 10.1 Å². The van der Waals surface area contributed by atoms with Crippen LogP contribution in [-0.4, -0.2) is 19.2 Å². The van der Waals surface area contributed by atoms with Crippen molar-refractivity contribution in [2.45, 2.75) is 12.5 Å². The van der Waals surface area contributed by atoms with Crippen LogP contribution in [0.25, 0.3) is 0 Å². The van der Waals surface area contributed by atoms with Crippen molar-refractivity contribution in [2.24, 2.45) is 0 Å². The van der Waals surface area contributed by atoms with E-state index in [9.17, 15) is 9.50 Å². The minimum atomic E-state index is -0.659. The zero-order valence-electron chi connectivity index (χ0n) is 11.5. The second kappa shape index (κ2) is 6.37. The monoisotopic (exact) mass is 337 g/mol.